The number of methoxy groups -OCH3 is 1. The highest BCUT2D eigenvalue weighted by Gasteiger charge is 2.33. The minimum absolute atomic E-state index is 0.228. The average Bonchev–Trinajstić information content (AvgIpc) is 3.62. The van der Waals surface area contributed by atoms with Crippen molar-refractivity contribution in [3.63, 3.8) is 0 Å². The monoisotopic (exact) mass is 627 g/mol. The summed E-state index contributed by atoms with van der Waals surface area (Å²) in [5.74, 6) is 2.64. The van der Waals surface area contributed by atoms with E-state index in [9.17, 15) is 9.59 Å². The van der Waals surface area contributed by atoms with E-state index in [4.69, 9.17) is 31.4 Å². The fourth-order valence-corrected chi connectivity index (χ4v) is 6.79. The zero-order chi connectivity index (χ0) is 30.2. The number of thiocarbonyl (C=S) groups is 1. The second-order valence-electron chi connectivity index (χ2n) is 10.6. The molecule has 7 rings (SSSR count). The van der Waals surface area contributed by atoms with Crippen LogP contribution >= 0.6 is 24.0 Å². The molecular weight excluding hydrogens is 599 g/mol. The van der Waals surface area contributed by atoms with Crippen molar-refractivity contribution in [3.8, 4) is 17.2 Å². The summed E-state index contributed by atoms with van der Waals surface area (Å²) in [5, 5.41) is 0. The van der Waals surface area contributed by atoms with E-state index in [0.717, 1.165) is 48.0 Å². The Morgan fingerprint density at radius 1 is 0.955 bits per heavy atom. The molecule has 0 spiro atoms. The molecule has 2 aromatic carbocycles. The van der Waals surface area contributed by atoms with E-state index in [0.29, 0.717) is 45.9 Å². The third-order valence-corrected chi connectivity index (χ3v) is 9.29. The predicted octanol–water partition coefficient (Wildman–Crippen LogP) is 4.16. The van der Waals surface area contributed by atoms with Crippen molar-refractivity contribution in [1.29, 1.82) is 0 Å². The molecule has 44 heavy (non-hydrogen) atoms. The predicted molar refractivity (Wildman–Crippen MR) is 173 cm³/mol. The summed E-state index contributed by atoms with van der Waals surface area (Å²) in [6, 6.07) is 19.0. The SMILES string of the molecule is COc1ccc(CN2C(=O)/C(=C/c3c(N4CCN(Cc5ccc6c(c5)OCO6)CC4)nc4ccccn4c3=O)SC2=S)cc1. The molecule has 4 aromatic rings. The second kappa shape index (κ2) is 11.9. The number of amides is 1. The number of fused-ring (bicyclic) bond motifs is 2. The number of pyridine rings is 1. The molecule has 3 aliphatic rings. The van der Waals surface area contributed by atoms with E-state index in [1.54, 1.807) is 30.3 Å². The van der Waals surface area contributed by atoms with Crippen molar-refractivity contribution in [2.75, 3.05) is 45.0 Å². The zero-order valence-electron chi connectivity index (χ0n) is 24.0. The molecule has 3 aliphatic heterocycles. The molecule has 10 nitrogen and oxygen atoms in total. The molecule has 224 valence electrons. The fraction of sp³-hybridized carbons (Fsp3) is 0.250. The number of benzene rings is 2. The summed E-state index contributed by atoms with van der Waals surface area (Å²) in [6.07, 6.45) is 3.36. The number of ether oxygens (including phenoxy) is 3. The standard InChI is InChI=1S/C32H29N5O5S2/c1-40-23-8-5-21(6-9-23)19-37-31(39)27(44-32(37)43)17-24-29(33-28-4-2-3-11-36(28)30(24)38)35-14-12-34(13-15-35)18-22-7-10-25-26(16-22)42-20-41-25/h2-11,16-17H,12-15,18-20H2,1H3/b27-17-. The number of nitrogens with zero attached hydrogens (tertiary/aromatic N) is 5. The lowest BCUT2D eigenvalue weighted by Gasteiger charge is -2.36. The van der Waals surface area contributed by atoms with Crippen molar-refractivity contribution in [2.45, 2.75) is 13.1 Å². The van der Waals surface area contributed by atoms with Gasteiger partial charge in [-0.25, -0.2) is 4.98 Å². The topological polar surface area (TPSA) is 88.8 Å². The van der Waals surface area contributed by atoms with Gasteiger partial charge in [-0.05, 0) is 53.6 Å². The van der Waals surface area contributed by atoms with Crippen LogP contribution in [0, 0.1) is 0 Å². The van der Waals surface area contributed by atoms with Crippen molar-refractivity contribution >= 4 is 51.7 Å². The van der Waals surface area contributed by atoms with Gasteiger partial charge in [0.15, 0.2) is 11.5 Å². The van der Waals surface area contributed by atoms with Crippen molar-refractivity contribution in [1.82, 2.24) is 19.2 Å². The molecule has 5 heterocycles. The Labute approximate surface area is 263 Å². The molecule has 2 saturated heterocycles. The highest BCUT2D eigenvalue weighted by Crippen LogP contribution is 2.35. The molecule has 12 heteroatoms. The van der Waals surface area contributed by atoms with Crippen molar-refractivity contribution < 1.29 is 19.0 Å². The van der Waals surface area contributed by atoms with Gasteiger partial charge in [-0.2, -0.15) is 0 Å². The smallest absolute Gasteiger partial charge is 0.267 e. The number of carbonyl (C=O) groups excluding carboxylic acids is 1. The van der Waals surface area contributed by atoms with Crippen LogP contribution in [0.2, 0.25) is 0 Å². The number of rotatable bonds is 7. The van der Waals surface area contributed by atoms with Gasteiger partial charge in [-0.3, -0.25) is 23.8 Å². The van der Waals surface area contributed by atoms with Crippen molar-refractivity contribution in [2.24, 2.45) is 0 Å². The van der Waals surface area contributed by atoms with Crippen LogP contribution in [0.15, 0.2) is 76.6 Å². The van der Waals surface area contributed by atoms with Crippen LogP contribution in [0.4, 0.5) is 5.82 Å². The number of piperazine rings is 1. The van der Waals surface area contributed by atoms with Gasteiger partial charge in [0.2, 0.25) is 6.79 Å². The number of aromatic nitrogens is 2. The van der Waals surface area contributed by atoms with Gasteiger partial charge >= 0.3 is 0 Å². The van der Waals surface area contributed by atoms with E-state index in [2.05, 4.69) is 15.9 Å². The lowest BCUT2D eigenvalue weighted by Crippen LogP contribution is -2.47. The largest absolute Gasteiger partial charge is 0.497 e. The molecule has 0 unspecified atom stereocenters. The second-order valence-corrected chi connectivity index (χ2v) is 12.3. The van der Waals surface area contributed by atoms with Gasteiger partial charge in [0.05, 0.1) is 24.1 Å². The molecule has 0 radical (unpaired) electrons. The molecule has 1 amide bonds. The molecule has 0 N–H and O–H groups in total. The maximum Gasteiger partial charge on any atom is 0.267 e. The van der Waals surface area contributed by atoms with Crippen LogP contribution in [0.3, 0.4) is 0 Å². The molecule has 0 aliphatic carbocycles. The summed E-state index contributed by atoms with van der Waals surface area (Å²) in [4.78, 5) is 38.8. The Hall–Kier alpha value is -4.39. The molecule has 2 fully saturated rings. The van der Waals surface area contributed by atoms with E-state index in [-0.39, 0.29) is 18.3 Å². The maximum absolute atomic E-state index is 13.8. The first kappa shape index (κ1) is 28.4. The van der Waals surface area contributed by atoms with Crippen LogP contribution in [0.5, 0.6) is 17.2 Å². The first-order valence-electron chi connectivity index (χ1n) is 14.2. The number of thioether (sulfide) groups is 1. The maximum atomic E-state index is 13.8. The van der Waals surface area contributed by atoms with Crippen LogP contribution in [0.1, 0.15) is 16.7 Å². The van der Waals surface area contributed by atoms with Gasteiger partial charge < -0.3 is 19.1 Å². The fourth-order valence-electron chi connectivity index (χ4n) is 5.55. The highest BCUT2D eigenvalue weighted by atomic mass is 32.2. The molecule has 0 bridgehead atoms. The summed E-state index contributed by atoms with van der Waals surface area (Å²) >= 11 is 6.80. The van der Waals surface area contributed by atoms with E-state index >= 15 is 0 Å². The van der Waals surface area contributed by atoms with Crippen LogP contribution in [-0.2, 0) is 17.9 Å². The van der Waals surface area contributed by atoms with Gasteiger partial charge in [0.1, 0.15) is 21.5 Å². The lowest BCUT2D eigenvalue weighted by molar-refractivity contribution is -0.122. The average molecular weight is 628 g/mol. The van der Waals surface area contributed by atoms with E-state index in [1.165, 1.54) is 16.2 Å². The van der Waals surface area contributed by atoms with Crippen LogP contribution < -0.4 is 24.7 Å². The third-order valence-electron chi connectivity index (χ3n) is 7.91. The van der Waals surface area contributed by atoms with E-state index < -0.39 is 0 Å². The van der Waals surface area contributed by atoms with Gasteiger partial charge in [-0.1, -0.05) is 48.2 Å². The number of hydrogen-bond acceptors (Lipinski definition) is 10. The Morgan fingerprint density at radius 2 is 1.73 bits per heavy atom. The minimum Gasteiger partial charge on any atom is -0.497 e. The highest BCUT2D eigenvalue weighted by molar-refractivity contribution is 8.26. The summed E-state index contributed by atoms with van der Waals surface area (Å²) in [7, 11) is 1.61. The molecule has 2 aromatic heterocycles. The number of carbonyl (C=O) groups is 1. The Balaban J connectivity index is 1.14. The Bertz CT molecular complexity index is 1850. The third kappa shape index (κ3) is 5.51. The van der Waals surface area contributed by atoms with Gasteiger partial charge in [0, 0.05) is 38.9 Å². The van der Waals surface area contributed by atoms with Crippen LogP contribution in [0.25, 0.3) is 11.7 Å². The molecule has 0 atom stereocenters. The zero-order valence-corrected chi connectivity index (χ0v) is 25.6. The Kier molecular flexibility index (Phi) is 7.71. The van der Waals surface area contributed by atoms with E-state index in [1.807, 2.05) is 48.5 Å². The lowest BCUT2D eigenvalue weighted by atomic mass is 10.1. The molecular formula is C32H29N5O5S2. The number of hydrogen-bond donors (Lipinski definition) is 0. The van der Waals surface area contributed by atoms with Crippen molar-refractivity contribution in [3.05, 3.63) is 98.8 Å². The number of anilines is 1. The normalized spacial score (nSPS) is 17.7. The van der Waals surface area contributed by atoms with Gasteiger partial charge in [0.25, 0.3) is 11.5 Å². The quantitative estimate of drug-likeness (QED) is 0.220. The molecule has 0 saturated carbocycles. The first-order chi connectivity index (χ1) is 21.5. The summed E-state index contributed by atoms with van der Waals surface area (Å²) < 4.78 is 18.2. The first-order valence-corrected chi connectivity index (χ1v) is 15.4. The summed E-state index contributed by atoms with van der Waals surface area (Å²) in [6.45, 7) is 4.30. The summed E-state index contributed by atoms with van der Waals surface area (Å²) in [5.41, 5.74) is 2.79. The minimum atomic E-state index is -0.229. The Morgan fingerprint density at radius 3 is 2.52 bits per heavy atom. The van der Waals surface area contributed by atoms with Gasteiger partial charge in [-0.15, -0.1) is 0 Å². The van der Waals surface area contributed by atoms with Crippen LogP contribution in [-0.4, -0.2) is 69.5 Å².